The number of oxazole rings is 1. The van der Waals surface area contributed by atoms with Gasteiger partial charge in [-0.05, 0) is 60.7 Å². The van der Waals surface area contributed by atoms with Gasteiger partial charge < -0.3 is 14.3 Å². The third kappa shape index (κ3) is 2.92. The number of phenols is 1. The number of halogens is 1. The Balaban J connectivity index is 1.65. The molecule has 1 aromatic heterocycles. The maximum Gasteiger partial charge on any atom is 0.227 e. The summed E-state index contributed by atoms with van der Waals surface area (Å²) in [4.78, 5) is 4.45. The molecule has 0 aliphatic rings. The van der Waals surface area contributed by atoms with E-state index in [1.54, 1.807) is 54.6 Å². The largest absolute Gasteiger partial charge is 0.508 e. The minimum absolute atomic E-state index is 0.202. The predicted molar refractivity (Wildman–Crippen MR) is 92.6 cm³/mol. The SMILES string of the molecule is Oc1ccc(-c2nc3ccc(Oc4ccc(Cl)cc4)cc3o2)cc1. The summed E-state index contributed by atoms with van der Waals surface area (Å²) in [6, 6.07) is 19.3. The Morgan fingerprint density at radius 3 is 2.33 bits per heavy atom. The lowest BCUT2D eigenvalue weighted by Crippen LogP contribution is -1.83. The highest BCUT2D eigenvalue weighted by molar-refractivity contribution is 6.30. The summed E-state index contributed by atoms with van der Waals surface area (Å²) in [5.74, 6) is 2.04. The summed E-state index contributed by atoms with van der Waals surface area (Å²) < 4.78 is 11.6. The first kappa shape index (κ1) is 14.6. The monoisotopic (exact) mass is 337 g/mol. The number of hydrogen-bond acceptors (Lipinski definition) is 4. The number of aromatic hydroxyl groups is 1. The quantitative estimate of drug-likeness (QED) is 0.525. The second-order valence-electron chi connectivity index (χ2n) is 5.25. The van der Waals surface area contributed by atoms with E-state index >= 15 is 0 Å². The zero-order valence-electron chi connectivity index (χ0n) is 12.4. The summed E-state index contributed by atoms with van der Waals surface area (Å²) in [5.41, 5.74) is 2.16. The van der Waals surface area contributed by atoms with E-state index in [1.165, 1.54) is 0 Å². The lowest BCUT2D eigenvalue weighted by atomic mass is 10.2. The van der Waals surface area contributed by atoms with E-state index in [2.05, 4.69) is 4.98 Å². The molecule has 0 fully saturated rings. The summed E-state index contributed by atoms with van der Waals surface area (Å²) in [7, 11) is 0. The van der Waals surface area contributed by atoms with Gasteiger partial charge in [-0.15, -0.1) is 0 Å². The average molecular weight is 338 g/mol. The number of nitrogens with zero attached hydrogens (tertiary/aromatic N) is 1. The molecular weight excluding hydrogens is 326 g/mol. The maximum absolute atomic E-state index is 9.36. The molecule has 0 saturated heterocycles. The molecule has 1 heterocycles. The fourth-order valence-corrected chi connectivity index (χ4v) is 2.46. The molecule has 0 aliphatic carbocycles. The van der Waals surface area contributed by atoms with Gasteiger partial charge in [0.1, 0.15) is 22.8 Å². The Bertz CT molecular complexity index is 991. The van der Waals surface area contributed by atoms with Crippen molar-refractivity contribution in [2.24, 2.45) is 0 Å². The van der Waals surface area contributed by atoms with Crippen LogP contribution < -0.4 is 4.74 Å². The number of benzene rings is 3. The molecule has 3 aromatic carbocycles. The van der Waals surface area contributed by atoms with Crippen LogP contribution in [0.1, 0.15) is 0 Å². The molecule has 0 amide bonds. The number of ether oxygens (including phenoxy) is 1. The standard InChI is InChI=1S/C19H12ClNO3/c20-13-3-7-15(8-4-13)23-16-9-10-17-18(11-16)24-19(21-17)12-1-5-14(22)6-2-12/h1-11,22H. The molecule has 0 atom stereocenters. The summed E-state index contributed by atoms with van der Waals surface area (Å²) >= 11 is 5.87. The van der Waals surface area contributed by atoms with Gasteiger partial charge in [0.15, 0.2) is 5.58 Å². The first-order chi connectivity index (χ1) is 11.7. The van der Waals surface area contributed by atoms with Crippen molar-refractivity contribution in [2.75, 3.05) is 0 Å². The smallest absolute Gasteiger partial charge is 0.227 e. The molecule has 0 radical (unpaired) electrons. The highest BCUT2D eigenvalue weighted by atomic mass is 35.5. The molecule has 0 spiro atoms. The second-order valence-corrected chi connectivity index (χ2v) is 5.69. The Kier molecular flexibility index (Phi) is 3.59. The maximum atomic E-state index is 9.36. The minimum Gasteiger partial charge on any atom is -0.508 e. The van der Waals surface area contributed by atoms with Gasteiger partial charge in [0.05, 0.1) is 0 Å². The first-order valence-electron chi connectivity index (χ1n) is 7.31. The molecule has 118 valence electrons. The Morgan fingerprint density at radius 2 is 1.58 bits per heavy atom. The first-order valence-corrected chi connectivity index (χ1v) is 7.69. The minimum atomic E-state index is 0.202. The van der Waals surface area contributed by atoms with Crippen LogP contribution >= 0.6 is 11.6 Å². The fraction of sp³-hybridized carbons (Fsp3) is 0. The number of aromatic nitrogens is 1. The van der Waals surface area contributed by atoms with Gasteiger partial charge in [-0.2, -0.15) is 0 Å². The van der Waals surface area contributed by atoms with Crippen molar-refractivity contribution in [3.05, 3.63) is 71.8 Å². The normalized spacial score (nSPS) is 10.9. The average Bonchev–Trinajstić information content (AvgIpc) is 3.01. The van der Waals surface area contributed by atoms with Crippen LogP contribution in [0.4, 0.5) is 0 Å². The molecule has 4 aromatic rings. The summed E-state index contributed by atoms with van der Waals surface area (Å²) in [6.07, 6.45) is 0. The van der Waals surface area contributed by atoms with Gasteiger partial charge in [-0.25, -0.2) is 4.98 Å². The van der Waals surface area contributed by atoms with Crippen LogP contribution in [0.3, 0.4) is 0 Å². The van der Waals surface area contributed by atoms with Crippen LogP contribution in [0.25, 0.3) is 22.6 Å². The predicted octanol–water partition coefficient (Wildman–Crippen LogP) is 5.65. The Morgan fingerprint density at radius 1 is 0.875 bits per heavy atom. The van der Waals surface area contributed by atoms with Crippen LogP contribution in [0.5, 0.6) is 17.2 Å². The highest BCUT2D eigenvalue weighted by Gasteiger charge is 2.09. The van der Waals surface area contributed by atoms with Crippen molar-refractivity contribution < 1.29 is 14.3 Å². The number of fused-ring (bicyclic) bond motifs is 1. The molecule has 5 heteroatoms. The molecule has 0 bridgehead atoms. The Labute approximate surface area is 142 Å². The van der Waals surface area contributed by atoms with Crippen LogP contribution in [0.2, 0.25) is 5.02 Å². The van der Waals surface area contributed by atoms with E-state index < -0.39 is 0 Å². The molecule has 4 nitrogen and oxygen atoms in total. The zero-order valence-corrected chi connectivity index (χ0v) is 13.2. The van der Waals surface area contributed by atoms with Crippen molar-refractivity contribution in [1.29, 1.82) is 0 Å². The second kappa shape index (κ2) is 5.91. The Hall–Kier alpha value is -2.98. The van der Waals surface area contributed by atoms with Gasteiger partial charge >= 0.3 is 0 Å². The van der Waals surface area contributed by atoms with E-state index in [4.69, 9.17) is 20.8 Å². The third-order valence-electron chi connectivity index (χ3n) is 3.52. The number of rotatable bonds is 3. The van der Waals surface area contributed by atoms with Gasteiger partial charge in [0, 0.05) is 16.7 Å². The molecule has 1 N–H and O–H groups in total. The molecule has 0 saturated carbocycles. The van der Waals surface area contributed by atoms with Crippen LogP contribution in [0, 0.1) is 0 Å². The van der Waals surface area contributed by atoms with Gasteiger partial charge in [0.25, 0.3) is 0 Å². The molecule has 24 heavy (non-hydrogen) atoms. The summed E-state index contributed by atoms with van der Waals surface area (Å²) in [6.45, 7) is 0. The van der Waals surface area contributed by atoms with Crippen molar-refractivity contribution in [1.82, 2.24) is 4.98 Å². The number of phenolic OH excluding ortho intramolecular Hbond substituents is 1. The third-order valence-corrected chi connectivity index (χ3v) is 3.78. The van der Waals surface area contributed by atoms with Crippen molar-refractivity contribution >= 4 is 22.7 Å². The van der Waals surface area contributed by atoms with Crippen LogP contribution in [-0.2, 0) is 0 Å². The van der Waals surface area contributed by atoms with E-state index in [0.29, 0.717) is 28.0 Å². The van der Waals surface area contributed by atoms with Gasteiger partial charge in [0.2, 0.25) is 5.89 Å². The lowest BCUT2D eigenvalue weighted by Gasteiger charge is -2.04. The van der Waals surface area contributed by atoms with Crippen molar-refractivity contribution in [2.45, 2.75) is 0 Å². The lowest BCUT2D eigenvalue weighted by molar-refractivity contribution is 0.475. The van der Waals surface area contributed by atoms with E-state index in [1.807, 2.05) is 12.1 Å². The van der Waals surface area contributed by atoms with E-state index in [9.17, 15) is 5.11 Å². The number of hydrogen-bond donors (Lipinski definition) is 1. The van der Waals surface area contributed by atoms with Gasteiger partial charge in [-0.3, -0.25) is 0 Å². The van der Waals surface area contributed by atoms with E-state index in [0.717, 1.165) is 11.1 Å². The zero-order chi connectivity index (χ0) is 16.5. The summed E-state index contributed by atoms with van der Waals surface area (Å²) in [5, 5.41) is 10.0. The van der Waals surface area contributed by atoms with Crippen LogP contribution in [0.15, 0.2) is 71.1 Å². The van der Waals surface area contributed by atoms with E-state index in [-0.39, 0.29) is 5.75 Å². The molecular formula is C19H12ClNO3. The van der Waals surface area contributed by atoms with Crippen molar-refractivity contribution in [3.8, 4) is 28.7 Å². The van der Waals surface area contributed by atoms with Crippen LogP contribution in [-0.4, -0.2) is 10.1 Å². The van der Waals surface area contributed by atoms with Crippen molar-refractivity contribution in [3.63, 3.8) is 0 Å². The molecule has 0 unspecified atom stereocenters. The van der Waals surface area contributed by atoms with Gasteiger partial charge in [-0.1, -0.05) is 11.6 Å². The highest BCUT2D eigenvalue weighted by Crippen LogP contribution is 2.30. The topological polar surface area (TPSA) is 55.5 Å². The molecule has 0 aliphatic heterocycles. The molecule has 4 rings (SSSR count). The fourth-order valence-electron chi connectivity index (χ4n) is 2.33.